The van der Waals surface area contributed by atoms with Crippen molar-refractivity contribution in [3.05, 3.63) is 22.4 Å². The van der Waals surface area contributed by atoms with Crippen molar-refractivity contribution in [2.45, 2.75) is 0 Å². The second-order valence-corrected chi connectivity index (χ2v) is 4.08. The first-order valence-electron chi connectivity index (χ1n) is 4.39. The van der Waals surface area contributed by atoms with Crippen LogP contribution in [0.3, 0.4) is 0 Å². The molecule has 0 saturated heterocycles. The first-order chi connectivity index (χ1) is 7.06. The number of hydrogen-bond donors (Lipinski definition) is 1. The number of hydrogen-bond acceptors (Lipinski definition) is 4. The topological polar surface area (TPSA) is 51.4 Å². The highest BCUT2D eigenvalue weighted by atomic mass is 79.9. The van der Waals surface area contributed by atoms with Gasteiger partial charge in [0, 0.05) is 30.3 Å². The van der Waals surface area contributed by atoms with Crippen LogP contribution in [0.25, 0.3) is 6.08 Å². The number of methoxy groups -OCH3 is 1. The Labute approximate surface area is 97.9 Å². The summed E-state index contributed by atoms with van der Waals surface area (Å²) >= 11 is 3.39. The van der Waals surface area contributed by atoms with Gasteiger partial charge in [0.15, 0.2) is 0 Å². The first-order valence-corrected chi connectivity index (χ1v) is 5.18. The Kier molecular flexibility index (Phi) is 3.96. The van der Waals surface area contributed by atoms with Gasteiger partial charge in [0.2, 0.25) is 5.88 Å². The maximum Gasteiger partial charge on any atom is 0.237 e. The van der Waals surface area contributed by atoms with Crippen molar-refractivity contribution in [3.8, 4) is 5.88 Å². The summed E-state index contributed by atoms with van der Waals surface area (Å²) in [5.41, 5.74) is 7.30. The van der Waals surface area contributed by atoms with Crippen LogP contribution in [-0.4, -0.2) is 31.1 Å². The molecule has 1 aromatic heterocycles. The lowest BCUT2D eigenvalue weighted by atomic mass is 10.2. The van der Waals surface area contributed by atoms with Crippen molar-refractivity contribution in [2.75, 3.05) is 26.9 Å². The van der Waals surface area contributed by atoms with Gasteiger partial charge >= 0.3 is 0 Å². The van der Waals surface area contributed by atoms with Crippen molar-refractivity contribution in [1.29, 1.82) is 0 Å². The van der Waals surface area contributed by atoms with Gasteiger partial charge < -0.3 is 15.4 Å². The Morgan fingerprint density at radius 3 is 2.73 bits per heavy atom. The van der Waals surface area contributed by atoms with E-state index in [-0.39, 0.29) is 0 Å². The normalized spacial score (nSPS) is 10.7. The van der Waals surface area contributed by atoms with Crippen LogP contribution < -0.4 is 10.5 Å². The van der Waals surface area contributed by atoms with E-state index in [9.17, 15) is 0 Å². The van der Waals surface area contributed by atoms with Gasteiger partial charge in [0.05, 0.1) is 7.11 Å². The quantitative estimate of drug-likeness (QED) is 0.914. The molecule has 0 aromatic carbocycles. The molecule has 15 heavy (non-hydrogen) atoms. The molecular formula is C10H14BrN3O. The molecule has 5 heteroatoms. The summed E-state index contributed by atoms with van der Waals surface area (Å²) in [6, 6.07) is 0. The lowest BCUT2D eigenvalue weighted by Crippen LogP contribution is -2.02. The minimum Gasteiger partial charge on any atom is -0.480 e. The van der Waals surface area contributed by atoms with E-state index >= 15 is 0 Å². The Hall–Kier alpha value is -1.23. The van der Waals surface area contributed by atoms with Gasteiger partial charge in [-0.3, -0.25) is 0 Å². The van der Waals surface area contributed by atoms with E-state index < -0.39 is 0 Å². The summed E-state index contributed by atoms with van der Waals surface area (Å²) in [7, 11) is 5.43. The molecule has 1 aromatic rings. The highest BCUT2D eigenvalue weighted by Crippen LogP contribution is 2.29. The summed E-state index contributed by atoms with van der Waals surface area (Å²) in [5.74, 6) is 0.441. The number of halogens is 1. The molecule has 2 N–H and O–H groups in total. The van der Waals surface area contributed by atoms with E-state index in [1.54, 1.807) is 13.3 Å². The van der Waals surface area contributed by atoms with Gasteiger partial charge in [0.1, 0.15) is 5.69 Å². The number of aromatic nitrogens is 1. The Balaban J connectivity index is 3.15. The number of ether oxygens (including phenoxy) is 1. The van der Waals surface area contributed by atoms with Crippen molar-refractivity contribution in [3.63, 3.8) is 0 Å². The number of nitrogens with zero attached hydrogens (tertiary/aromatic N) is 2. The number of rotatable bonds is 3. The zero-order chi connectivity index (χ0) is 11.4. The third-order valence-electron chi connectivity index (χ3n) is 1.81. The second kappa shape index (κ2) is 5.02. The first kappa shape index (κ1) is 11.8. The van der Waals surface area contributed by atoms with Gasteiger partial charge in [-0.15, -0.1) is 0 Å². The van der Waals surface area contributed by atoms with E-state index in [4.69, 9.17) is 10.5 Å². The maximum atomic E-state index is 5.89. The Morgan fingerprint density at radius 2 is 2.20 bits per heavy atom. The van der Waals surface area contributed by atoms with Crippen LogP contribution in [0.4, 0.5) is 5.69 Å². The molecule has 0 radical (unpaired) electrons. The fourth-order valence-electron chi connectivity index (χ4n) is 1.05. The smallest absolute Gasteiger partial charge is 0.237 e. The van der Waals surface area contributed by atoms with E-state index in [0.717, 1.165) is 10.0 Å². The molecule has 0 atom stereocenters. The summed E-state index contributed by atoms with van der Waals surface area (Å²) in [5, 5.41) is 0. The monoisotopic (exact) mass is 271 g/mol. The van der Waals surface area contributed by atoms with E-state index in [0.29, 0.717) is 11.6 Å². The number of pyridine rings is 1. The summed E-state index contributed by atoms with van der Waals surface area (Å²) < 4.78 is 5.89. The summed E-state index contributed by atoms with van der Waals surface area (Å²) in [6.45, 7) is 0. The molecule has 1 rings (SSSR count). The van der Waals surface area contributed by atoms with Crippen molar-refractivity contribution in [1.82, 2.24) is 9.88 Å². The minimum atomic E-state index is 0.441. The fraction of sp³-hybridized carbons (Fsp3) is 0.300. The average molecular weight is 272 g/mol. The average Bonchev–Trinajstić information content (AvgIpc) is 2.17. The van der Waals surface area contributed by atoms with E-state index in [1.807, 2.05) is 31.3 Å². The SMILES string of the molecule is COc1ncc(Br)c(/C=C/N(C)C)c1N. The number of nitrogens with two attached hydrogens (primary N) is 1. The molecule has 0 fully saturated rings. The molecule has 0 aliphatic carbocycles. The van der Waals surface area contributed by atoms with Gasteiger partial charge in [-0.1, -0.05) is 0 Å². The minimum absolute atomic E-state index is 0.441. The van der Waals surface area contributed by atoms with Gasteiger partial charge in [-0.2, -0.15) is 0 Å². The number of nitrogen functional groups attached to an aromatic ring is 1. The second-order valence-electron chi connectivity index (χ2n) is 3.22. The molecule has 1 heterocycles. The van der Waals surface area contributed by atoms with Crippen LogP contribution in [0.5, 0.6) is 5.88 Å². The van der Waals surface area contributed by atoms with Crippen molar-refractivity contribution >= 4 is 27.7 Å². The Bertz CT molecular complexity index is 377. The van der Waals surface area contributed by atoms with Crippen molar-refractivity contribution in [2.24, 2.45) is 0 Å². The molecule has 0 aliphatic rings. The molecule has 0 bridgehead atoms. The molecule has 4 nitrogen and oxygen atoms in total. The molecule has 0 spiro atoms. The fourth-order valence-corrected chi connectivity index (χ4v) is 1.50. The van der Waals surface area contributed by atoms with Crippen LogP contribution in [0.15, 0.2) is 16.9 Å². The summed E-state index contributed by atoms with van der Waals surface area (Å²) in [4.78, 5) is 5.97. The molecule has 0 aliphatic heterocycles. The molecule has 0 saturated carbocycles. The zero-order valence-corrected chi connectivity index (χ0v) is 10.6. The molecular weight excluding hydrogens is 258 g/mol. The third kappa shape index (κ3) is 2.86. The van der Waals surface area contributed by atoms with E-state index in [2.05, 4.69) is 20.9 Å². The molecule has 82 valence electrons. The van der Waals surface area contributed by atoms with Crippen molar-refractivity contribution < 1.29 is 4.74 Å². The lowest BCUT2D eigenvalue weighted by Gasteiger charge is -2.09. The maximum absolute atomic E-state index is 5.89. The van der Waals surface area contributed by atoms with Gasteiger partial charge in [-0.05, 0) is 28.2 Å². The standard InChI is InChI=1S/C10H14BrN3O/c1-14(2)5-4-7-8(11)6-13-10(15-3)9(7)12/h4-6H,12H2,1-3H3/b5-4+. The van der Waals surface area contributed by atoms with Crippen LogP contribution in [0.1, 0.15) is 5.56 Å². The van der Waals surface area contributed by atoms with E-state index in [1.165, 1.54) is 0 Å². The third-order valence-corrected chi connectivity index (χ3v) is 2.44. The molecule has 0 amide bonds. The van der Waals surface area contributed by atoms with Crippen LogP contribution in [0, 0.1) is 0 Å². The van der Waals surface area contributed by atoms with Crippen LogP contribution >= 0.6 is 15.9 Å². The predicted octanol–water partition coefficient (Wildman–Crippen LogP) is 1.97. The zero-order valence-electron chi connectivity index (χ0n) is 8.99. The Morgan fingerprint density at radius 1 is 1.53 bits per heavy atom. The lowest BCUT2D eigenvalue weighted by molar-refractivity contribution is 0.400. The largest absolute Gasteiger partial charge is 0.480 e. The van der Waals surface area contributed by atoms with Gasteiger partial charge in [0.25, 0.3) is 0 Å². The van der Waals surface area contributed by atoms with Crippen LogP contribution in [-0.2, 0) is 0 Å². The van der Waals surface area contributed by atoms with Crippen LogP contribution in [0.2, 0.25) is 0 Å². The predicted molar refractivity (Wildman–Crippen MR) is 65.6 cm³/mol. The van der Waals surface area contributed by atoms with Gasteiger partial charge in [-0.25, -0.2) is 4.98 Å². The highest BCUT2D eigenvalue weighted by molar-refractivity contribution is 9.10. The number of anilines is 1. The summed E-state index contributed by atoms with van der Waals surface area (Å²) in [6.07, 6.45) is 5.49. The molecule has 0 unspecified atom stereocenters. The highest BCUT2D eigenvalue weighted by Gasteiger charge is 2.08.